The van der Waals surface area contributed by atoms with Crippen LogP contribution in [-0.4, -0.2) is 5.54 Å². The van der Waals surface area contributed by atoms with E-state index in [0.717, 1.165) is 0 Å². The lowest BCUT2D eigenvalue weighted by Gasteiger charge is -2.47. The Hall–Kier alpha value is -2.12. The number of rotatable bonds is 3. The van der Waals surface area contributed by atoms with Crippen molar-refractivity contribution in [2.24, 2.45) is 0 Å². The maximum Gasteiger partial charge on any atom is 0.137 e. The van der Waals surface area contributed by atoms with Gasteiger partial charge in [0, 0.05) is 30.4 Å². The van der Waals surface area contributed by atoms with Gasteiger partial charge in [-0.3, -0.25) is 4.90 Å². The molecule has 2 aliphatic heterocycles. The molecule has 2 aliphatic rings. The molecule has 2 aromatic carbocycles. The molecule has 0 amide bonds. The number of nitrogens with one attached hydrogen (secondary N) is 1. The topological polar surface area (TPSA) is 4.44 Å². The van der Waals surface area contributed by atoms with Crippen molar-refractivity contribution in [2.45, 2.75) is 51.6 Å². The first-order valence-electron chi connectivity index (χ1n) is 9.59. The molecule has 0 saturated heterocycles. The normalized spacial score (nSPS) is 24.0. The SMILES string of the molecule is CCC1(CC)Cc2ccccc2C2C=C(C)C(c3ccccc3)=C[NH+]21. The van der Waals surface area contributed by atoms with Gasteiger partial charge in [0.2, 0.25) is 0 Å². The van der Waals surface area contributed by atoms with Gasteiger partial charge in [-0.15, -0.1) is 0 Å². The van der Waals surface area contributed by atoms with E-state index >= 15 is 0 Å². The number of hydrogen-bond acceptors (Lipinski definition) is 0. The molecule has 0 aromatic heterocycles. The lowest BCUT2D eigenvalue weighted by molar-refractivity contribution is -0.932. The van der Waals surface area contributed by atoms with Crippen molar-refractivity contribution in [3.63, 3.8) is 0 Å². The van der Waals surface area contributed by atoms with Gasteiger partial charge >= 0.3 is 0 Å². The maximum atomic E-state index is 2.53. The number of benzene rings is 2. The minimum atomic E-state index is 0.288. The number of fused-ring (bicyclic) bond motifs is 3. The second-order valence-electron chi connectivity index (χ2n) is 7.57. The van der Waals surface area contributed by atoms with Gasteiger partial charge in [0.05, 0.1) is 0 Å². The fourth-order valence-electron chi connectivity index (χ4n) is 4.83. The van der Waals surface area contributed by atoms with E-state index in [0.29, 0.717) is 6.04 Å². The third-order valence-corrected chi connectivity index (χ3v) is 6.45. The van der Waals surface area contributed by atoms with Gasteiger partial charge in [0.25, 0.3) is 0 Å². The Morgan fingerprint density at radius 1 is 0.960 bits per heavy atom. The lowest BCUT2D eigenvalue weighted by Crippen LogP contribution is -3.18. The van der Waals surface area contributed by atoms with Crippen LogP contribution in [0, 0.1) is 0 Å². The van der Waals surface area contributed by atoms with Crippen LogP contribution < -0.4 is 4.90 Å². The summed E-state index contributed by atoms with van der Waals surface area (Å²) in [5, 5.41) is 0. The molecule has 0 bridgehead atoms. The van der Waals surface area contributed by atoms with E-state index in [1.165, 1.54) is 41.5 Å². The minimum absolute atomic E-state index is 0.288. The highest BCUT2D eigenvalue weighted by molar-refractivity contribution is 5.78. The Labute approximate surface area is 151 Å². The van der Waals surface area contributed by atoms with Crippen LogP contribution in [0.4, 0.5) is 0 Å². The average Bonchev–Trinajstić information content (AvgIpc) is 2.67. The van der Waals surface area contributed by atoms with Crippen LogP contribution in [0.15, 0.2) is 72.4 Å². The first-order chi connectivity index (χ1) is 12.2. The van der Waals surface area contributed by atoms with Gasteiger partial charge in [-0.25, -0.2) is 0 Å². The monoisotopic (exact) mass is 330 g/mol. The molecular weight excluding hydrogens is 302 g/mol. The van der Waals surface area contributed by atoms with E-state index in [4.69, 9.17) is 0 Å². The number of quaternary nitrogens is 1. The van der Waals surface area contributed by atoms with Crippen LogP contribution in [0.1, 0.15) is 56.3 Å². The average molecular weight is 330 g/mol. The zero-order valence-corrected chi connectivity index (χ0v) is 15.5. The highest BCUT2D eigenvalue weighted by atomic mass is 15.2. The molecule has 1 N–H and O–H groups in total. The Morgan fingerprint density at radius 3 is 2.36 bits per heavy atom. The van der Waals surface area contributed by atoms with Crippen LogP contribution >= 0.6 is 0 Å². The molecule has 2 heterocycles. The number of allylic oxidation sites excluding steroid dienone is 2. The van der Waals surface area contributed by atoms with Crippen LogP contribution in [0.5, 0.6) is 0 Å². The van der Waals surface area contributed by atoms with E-state index in [1.54, 1.807) is 10.5 Å². The largest absolute Gasteiger partial charge is 0.294 e. The van der Waals surface area contributed by atoms with Crippen LogP contribution in [0.3, 0.4) is 0 Å². The molecule has 0 saturated carbocycles. The smallest absolute Gasteiger partial charge is 0.137 e. The zero-order valence-electron chi connectivity index (χ0n) is 15.5. The van der Waals surface area contributed by atoms with E-state index < -0.39 is 0 Å². The molecule has 1 heteroatoms. The lowest BCUT2D eigenvalue weighted by atomic mass is 9.74. The summed E-state index contributed by atoms with van der Waals surface area (Å²) in [4.78, 5) is 1.63. The van der Waals surface area contributed by atoms with Gasteiger partial charge in [-0.1, -0.05) is 68.4 Å². The summed E-state index contributed by atoms with van der Waals surface area (Å²) < 4.78 is 0. The van der Waals surface area contributed by atoms with Crippen molar-refractivity contribution in [3.05, 3.63) is 89.1 Å². The zero-order chi connectivity index (χ0) is 17.4. The van der Waals surface area contributed by atoms with Crippen molar-refractivity contribution < 1.29 is 4.90 Å². The third-order valence-electron chi connectivity index (χ3n) is 6.45. The van der Waals surface area contributed by atoms with Gasteiger partial charge in [-0.2, -0.15) is 0 Å². The summed E-state index contributed by atoms with van der Waals surface area (Å²) in [6, 6.07) is 20.4. The van der Waals surface area contributed by atoms with E-state index in [-0.39, 0.29) is 5.54 Å². The highest BCUT2D eigenvalue weighted by Crippen LogP contribution is 2.35. The molecule has 0 spiro atoms. The van der Waals surface area contributed by atoms with Gasteiger partial charge in [0.15, 0.2) is 0 Å². The molecule has 0 fully saturated rings. The van der Waals surface area contributed by atoms with Gasteiger partial charge in [0.1, 0.15) is 17.8 Å². The maximum absolute atomic E-state index is 2.53. The predicted molar refractivity (Wildman–Crippen MR) is 105 cm³/mol. The Bertz CT molecular complexity index is 824. The standard InChI is InChI=1S/C24H27N/c1-4-24(5-2)16-20-13-9-10-14-21(20)23-15-18(3)22(17-25(23)24)19-11-7-6-8-12-19/h6-15,17,23H,4-5,16H2,1-3H3/p+1. The van der Waals surface area contributed by atoms with Crippen LogP contribution in [0.2, 0.25) is 0 Å². The summed E-state index contributed by atoms with van der Waals surface area (Å²) >= 11 is 0. The molecule has 0 radical (unpaired) electrons. The summed E-state index contributed by atoms with van der Waals surface area (Å²) in [7, 11) is 0. The molecule has 4 rings (SSSR count). The first-order valence-corrected chi connectivity index (χ1v) is 9.59. The summed E-state index contributed by atoms with van der Waals surface area (Å²) in [6.45, 7) is 7.00. The summed E-state index contributed by atoms with van der Waals surface area (Å²) in [5.74, 6) is 0. The van der Waals surface area contributed by atoms with E-state index in [2.05, 4.69) is 87.6 Å². The molecular formula is C24H28N+. The predicted octanol–water partition coefficient (Wildman–Crippen LogP) is 4.73. The molecule has 0 aliphatic carbocycles. The molecule has 2 aromatic rings. The quantitative estimate of drug-likeness (QED) is 0.830. The van der Waals surface area contributed by atoms with Crippen molar-refractivity contribution in [2.75, 3.05) is 0 Å². The van der Waals surface area contributed by atoms with E-state index in [1.807, 2.05) is 0 Å². The Morgan fingerprint density at radius 2 is 1.64 bits per heavy atom. The van der Waals surface area contributed by atoms with Gasteiger partial charge in [-0.05, 0) is 29.7 Å². The molecule has 1 nitrogen and oxygen atoms in total. The van der Waals surface area contributed by atoms with Crippen molar-refractivity contribution in [3.8, 4) is 0 Å². The van der Waals surface area contributed by atoms with Crippen LogP contribution in [0.25, 0.3) is 5.57 Å². The van der Waals surface area contributed by atoms with Crippen molar-refractivity contribution >= 4 is 5.57 Å². The first kappa shape index (κ1) is 16.4. The highest BCUT2D eigenvalue weighted by Gasteiger charge is 2.47. The van der Waals surface area contributed by atoms with Crippen molar-refractivity contribution in [1.29, 1.82) is 0 Å². The third kappa shape index (κ3) is 2.58. The fourth-order valence-corrected chi connectivity index (χ4v) is 4.83. The molecule has 2 unspecified atom stereocenters. The summed E-state index contributed by atoms with van der Waals surface area (Å²) in [6.07, 6.45) is 8.62. The molecule has 2 atom stereocenters. The van der Waals surface area contributed by atoms with E-state index in [9.17, 15) is 0 Å². The molecule has 128 valence electrons. The summed E-state index contributed by atoms with van der Waals surface area (Å²) in [5.41, 5.74) is 7.48. The second kappa shape index (κ2) is 6.31. The van der Waals surface area contributed by atoms with Crippen molar-refractivity contribution in [1.82, 2.24) is 0 Å². The van der Waals surface area contributed by atoms with Gasteiger partial charge < -0.3 is 0 Å². The van der Waals surface area contributed by atoms with Crippen LogP contribution in [-0.2, 0) is 6.42 Å². The second-order valence-corrected chi connectivity index (χ2v) is 7.57. The minimum Gasteiger partial charge on any atom is -0.294 e. The fraction of sp³-hybridized carbons (Fsp3) is 0.333. The Balaban J connectivity index is 1.88. The molecule has 25 heavy (non-hydrogen) atoms. The number of hydrogen-bond donors (Lipinski definition) is 1. The Kier molecular flexibility index (Phi) is 4.13.